The predicted molar refractivity (Wildman–Crippen MR) is 119 cm³/mol. The fraction of sp³-hybridized carbons (Fsp3) is 0.500. The number of carbonyl (C=O) groups excluding carboxylic acids is 1. The first-order chi connectivity index (χ1) is 17.1. The quantitative estimate of drug-likeness (QED) is 0.412. The molecule has 2 saturated heterocycles. The Kier molecular flexibility index (Phi) is 7.09. The number of hydrogen-bond acceptors (Lipinski definition) is 3. The molecule has 2 aromatic rings. The van der Waals surface area contributed by atoms with Gasteiger partial charge in [0.1, 0.15) is 5.82 Å². The maximum Gasteiger partial charge on any atom is 0.416 e. The molecular weight excluding hydrogens is 507 g/mol. The minimum atomic E-state index is -4.99. The number of ether oxygens (including phenoxy) is 2. The summed E-state index contributed by atoms with van der Waals surface area (Å²) in [6.45, 7) is 3.26. The molecule has 2 aromatic carbocycles. The van der Waals surface area contributed by atoms with E-state index in [1.807, 2.05) is 6.92 Å². The maximum atomic E-state index is 13.7. The summed E-state index contributed by atoms with van der Waals surface area (Å²) in [6, 6.07) is 6.37. The monoisotopic (exact) mass is 533 g/mol. The van der Waals surface area contributed by atoms with Crippen molar-refractivity contribution >= 4 is 5.91 Å². The van der Waals surface area contributed by atoms with Crippen molar-refractivity contribution in [3.8, 4) is 0 Å². The third-order valence-electron chi connectivity index (χ3n) is 7.41. The topological polar surface area (TPSA) is 38.8 Å². The SMILES string of the molecule is COC1(C)CCC(=O)N2C[C@H](O[C@H](C)c3cc(C(F)(F)F)cc(C(F)(F)F)c3)C(c3ccc(F)cc3)[C@@H]21. The van der Waals surface area contributed by atoms with Gasteiger partial charge in [0, 0.05) is 26.0 Å². The van der Waals surface area contributed by atoms with Gasteiger partial charge in [-0.15, -0.1) is 0 Å². The van der Waals surface area contributed by atoms with Crippen molar-refractivity contribution in [1.29, 1.82) is 0 Å². The molecule has 202 valence electrons. The van der Waals surface area contributed by atoms with E-state index in [1.54, 1.807) is 4.90 Å². The molecule has 2 unspecified atom stereocenters. The van der Waals surface area contributed by atoms with Crippen molar-refractivity contribution in [2.75, 3.05) is 13.7 Å². The summed E-state index contributed by atoms with van der Waals surface area (Å²) in [4.78, 5) is 14.4. The van der Waals surface area contributed by atoms with Crippen LogP contribution in [0.15, 0.2) is 42.5 Å². The van der Waals surface area contributed by atoms with Gasteiger partial charge in [-0.25, -0.2) is 4.39 Å². The Morgan fingerprint density at radius 3 is 2.08 bits per heavy atom. The highest BCUT2D eigenvalue weighted by molar-refractivity contribution is 5.78. The summed E-state index contributed by atoms with van der Waals surface area (Å²) in [5.41, 5.74) is -3.36. The lowest BCUT2D eigenvalue weighted by atomic mass is 9.77. The predicted octanol–water partition coefficient (Wildman–Crippen LogP) is 6.50. The van der Waals surface area contributed by atoms with E-state index in [0.717, 1.165) is 0 Å². The van der Waals surface area contributed by atoms with Gasteiger partial charge in [0.25, 0.3) is 0 Å². The van der Waals surface area contributed by atoms with Gasteiger partial charge in [-0.3, -0.25) is 4.79 Å². The van der Waals surface area contributed by atoms with E-state index >= 15 is 0 Å². The third-order valence-corrected chi connectivity index (χ3v) is 7.41. The van der Waals surface area contributed by atoms with Gasteiger partial charge in [-0.2, -0.15) is 26.3 Å². The fourth-order valence-corrected chi connectivity index (χ4v) is 5.42. The molecule has 0 radical (unpaired) electrons. The largest absolute Gasteiger partial charge is 0.416 e. The summed E-state index contributed by atoms with van der Waals surface area (Å²) < 4.78 is 106. The number of amides is 1. The molecule has 0 spiro atoms. The average molecular weight is 533 g/mol. The smallest absolute Gasteiger partial charge is 0.376 e. The molecule has 11 heteroatoms. The number of fused-ring (bicyclic) bond motifs is 1. The number of carbonyl (C=O) groups is 1. The normalized spacial score (nSPS) is 27.4. The van der Waals surface area contributed by atoms with Crippen molar-refractivity contribution in [2.24, 2.45) is 0 Å². The van der Waals surface area contributed by atoms with Gasteiger partial charge in [0.2, 0.25) is 5.91 Å². The van der Waals surface area contributed by atoms with Crippen molar-refractivity contribution in [3.05, 3.63) is 70.5 Å². The van der Waals surface area contributed by atoms with Crippen LogP contribution in [0.5, 0.6) is 0 Å². The second-order valence-corrected chi connectivity index (χ2v) is 9.74. The molecule has 1 amide bonds. The lowest BCUT2D eigenvalue weighted by molar-refractivity contribution is -0.150. The third kappa shape index (κ3) is 5.34. The highest BCUT2D eigenvalue weighted by atomic mass is 19.4. The molecule has 4 rings (SSSR count). The van der Waals surface area contributed by atoms with Gasteiger partial charge < -0.3 is 14.4 Å². The Morgan fingerprint density at radius 1 is 1.00 bits per heavy atom. The van der Waals surface area contributed by atoms with Crippen LogP contribution in [-0.2, 0) is 26.6 Å². The number of nitrogens with zero attached hydrogens (tertiary/aromatic N) is 1. The molecular formula is C26H26F7NO3. The number of hydrogen-bond donors (Lipinski definition) is 0. The van der Waals surface area contributed by atoms with Gasteiger partial charge >= 0.3 is 12.4 Å². The Morgan fingerprint density at radius 2 is 1.57 bits per heavy atom. The summed E-state index contributed by atoms with van der Waals surface area (Å²) in [5, 5.41) is 0. The molecule has 2 aliphatic heterocycles. The van der Waals surface area contributed by atoms with Gasteiger partial charge in [-0.1, -0.05) is 12.1 Å². The Balaban J connectivity index is 1.74. The molecule has 2 heterocycles. The molecule has 2 aliphatic rings. The maximum absolute atomic E-state index is 13.7. The van der Waals surface area contributed by atoms with Crippen molar-refractivity contribution in [2.45, 2.75) is 68.8 Å². The van der Waals surface area contributed by atoms with Crippen molar-refractivity contribution < 1.29 is 45.0 Å². The fourth-order valence-electron chi connectivity index (χ4n) is 5.42. The molecule has 0 aromatic heterocycles. The van der Waals surface area contributed by atoms with Gasteiger partial charge in [0.15, 0.2) is 0 Å². The van der Waals surface area contributed by atoms with E-state index in [-0.39, 0.29) is 30.5 Å². The number of alkyl halides is 6. The number of halogens is 7. The Hall–Kier alpha value is -2.66. The molecule has 0 bridgehead atoms. The van der Waals surface area contributed by atoms with Crippen LogP contribution in [0.4, 0.5) is 30.7 Å². The highest BCUT2D eigenvalue weighted by Crippen LogP contribution is 2.48. The summed E-state index contributed by atoms with van der Waals surface area (Å²) in [6.07, 6.45) is -11.3. The van der Waals surface area contributed by atoms with E-state index in [1.165, 1.54) is 38.3 Å². The molecule has 4 nitrogen and oxygen atoms in total. The minimum Gasteiger partial charge on any atom is -0.376 e. The number of methoxy groups -OCH3 is 1. The first-order valence-corrected chi connectivity index (χ1v) is 11.7. The van der Waals surface area contributed by atoms with Crippen LogP contribution in [0.1, 0.15) is 61.0 Å². The molecule has 0 N–H and O–H groups in total. The van der Waals surface area contributed by atoms with Gasteiger partial charge in [0.05, 0.1) is 35.0 Å². The minimum absolute atomic E-state index is 0.0555. The molecule has 5 atom stereocenters. The number of rotatable bonds is 5. The molecule has 0 aliphatic carbocycles. The first kappa shape index (κ1) is 27.4. The van der Waals surface area contributed by atoms with E-state index < -0.39 is 59.1 Å². The van der Waals surface area contributed by atoms with Crippen molar-refractivity contribution in [3.63, 3.8) is 0 Å². The Bertz CT molecular complexity index is 1120. The van der Waals surface area contributed by atoms with Gasteiger partial charge in [-0.05, 0) is 61.7 Å². The average Bonchev–Trinajstić information content (AvgIpc) is 3.21. The highest BCUT2D eigenvalue weighted by Gasteiger charge is 2.56. The van der Waals surface area contributed by atoms with Crippen LogP contribution in [0, 0.1) is 5.82 Å². The zero-order valence-electron chi connectivity index (χ0n) is 20.3. The van der Waals surface area contributed by atoms with E-state index in [0.29, 0.717) is 24.1 Å². The van der Waals surface area contributed by atoms with Crippen LogP contribution in [0.3, 0.4) is 0 Å². The van der Waals surface area contributed by atoms with Crippen molar-refractivity contribution in [1.82, 2.24) is 4.90 Å². The number of piperidine rings is 1. The summed E-state index contributed by atoms with van der Waals surface area (Å²) >= 11 is 0. The zero-order valence-corrected chi connectivity index (χ0v) is 20.3. The van der Waals surface area contributed by atoms with E-state index in [4.69, 9.17) is 9.47 Å². The molecule has 0 saturated carbocycles. The lowest BCUT2D eigenvalue weighted by Gasteiger charge is -2.45. The molecule has 37 heavy (non-hydrogen) atoms. The second-order valence-electron chi connectivity index (χ2n) is 9.74. The lowest BCUT2D eigenvalue weighted by Crippen LogP contribution is -2.57. The zero-order chi connectivity index (χ0) is 27.3. The summed E-state index contributed by atoms with van der Waals surface area (Å²) in [5.74, 6) is -1.21. The summed E-state index contributed by atoms with van der Waals surface area (Å²) in [7, 11) is 1.51. The van der Waals surface area contributed by atoms with Crippen LogP contribution in [-0.4, -0.2) is 42.2 Å². The Labute approximate surface area is 209 Å². The first-order valence-electron chi connectivity index (χ1n) is 11.7. The molecule has 2 fully saturated rings. The van der Waals surface area contributed by atoms with E-state index in [2.05, 4.69) is 0 Å². The van der Waals surface area contributed by atoms with Crippen LogP contribution < -0.4 is 0 Å². The second kappa shape index (κ2) is 9.58. The van der Waals surface area contributed by atoms with Crippen LogP contribution in [0.2, 0.25) is 0 Å². The van der Waals surface area contributed by atoms with E-state index in [9.17, 15) is 35.5 Å². The standard InChI is InChI=1S/C26H26F7NO3/c1-14(16-10-17(25(28,29)30)12-18(11-16)26(31,32)33)37-20-13-34-21(35)8-9-24(2,36-3)23(34)22(20)15-4-6-19(27)7-5-15/h4-7,10-12,14,20,22-23H,8-9,13H2,1-3H3/t14-,20+,22?,23-,24?/m1/s1. The van der Waals surface area contributed by atoms with Crippen LogP contribution >= 0.6 is 0 Å². The number of benzene rings is 2. The van der Waals surface area contributed by atoms with Crippen LogP contribution in [0.25, 0.3) is 0 Å².